The average molecular weight is 353 g/mol. The number of nitrogens with zero attached hydrogens (tertiary/aromatic N) is 3. The van der Waals surface area contributed by atoms with Crippen LogP contribution in [0.25, 0.3) is 10.9 Å². The predicted octanol–water partition coefficient (Wildman–Crippen LogP) is 3.52. The molecule has 0 radical (unpaired) electrons. The normalized spacial score (nSPS) is 19.8. The van der Waals surface area contributed by atoms with E-state index in [4.69, 9.17) is 4.98 Å². The smallest absolute Gasteiger partial charge is 0.306 e. The van der Waals surface area contributed by atoms with Crippen LogP contribution < -0.4 is 4.90 Å². The van der Waals surface area contributed by atoms with Gasteiger partial charge in [-0.25, -0.2) is 4.98 Å². The van der Waals surface area contributed by atoms with Crippen molar-refractivity contribution in [3.05, 3.63) is 35.9 Å². The van der Waals surface area contributed by atoms with E-state index >= 15 is 0 Å². The summed E-state index contributed by atoms with van der Waals surface area (Å²) in [6.45, 7) is 4.72. The number of anilines is 1. The maximum absolute atomic E-state index is 11.2. The van der Waals surface area contributed by atoms with E-state index in [-0.39, 0.29) is 5.92 Å². The molecular formula is C21H27N3O2. The summed E-state index contributed by atoms with van der Waals surface area (Å²) >= 11 is 0. The fourth-order valence-corrected chi connectivity index (χ4v) is 4.22. The van der Waals surface area contributed by atoms with Gasteiger partial charge in [0.1, 0.15) is 5.82 Å². The van der Waals surface area contributed by atoms with Crippen LogP contribution in [0.3, 0.4) is 0 Å². The fraction of sp³-hybridized carbons (Fsp3) is 0.524. The highest BCUT2D eigenvalue weighted by atomic mass is 16.4. The number of hydrogen-bond donors (Lipinski definition) is 1. The lowest BCUT2D eigenvalue weighted by molar-refractivity contribution is -0.143. The van der Waals surface area contributed by atoms with Crippen LogP contribution in [-0.4, -0.2) is 47.1 Å². The second-order valence-electron chi connectivity index (χ2n) is 7.60. The van der Waals surface area contributed by atoms with Gasteiger partial charge in [-0.2, -0.15) is 0 Å². The lowest BCUT2D eigenvalue weighted by atomic mass is 9.96. The second kappa shape index (κ2) is 7.62. The zero-order valence-corrected chi connectivity index (χ0v) is 15.2. The highest BCUT2D eigenvalue weighted by Gasteiger charge is 2.26. The van der Waals surface area contributed by atoms with Crippen molar-refractivity contribution >= 4 is 22.7 Å². The Labute approximate surface area is 154 Å². The summed E-state index contributed by atoms with van der Waals surface area (Å²) in [7, 11) is 0. The fourth-order valence-electron chi connectivity index (χ4n) is 4.22. The Hall–Kier alpha value is -2.14. The molecule has 0 unspecified atom stereocenters. The van der Waals surface area contributed by atoms with E-state index in [2.05, 4.69) is 34.1 Å². The first-order chi connectivity index (χ1) is 12.7. The molecule has 2 fully saturated rings. The molecule has 2 saturated heterocycles. The second-order valence-corrected chi connectivity index (χ2v) is 7.60. The van der Waals surface area contributed by atoms with Crippen molar-refractivity contribution in [3.8, 4) is 0 Å². The maximum Gasteiger partial charge on any atom is 0.306 e. The molecular weight excluding hydrogens is 326 g/mol. The number of hydrogen-bond acceptors (Lipinski definition) is 4. The molecule has 2 aromatic rings. The number of fused-ring (bicyclic) bond motifs is 1. The Bertz CT molecular complexity index is 778. The third kappa shape index (κ3) is 3.68. The number of aliphatic carboxylic acids is 1. The van der Waals surface area contributed by atoms with Gasteiger partial charge in [0.05, 0.1) is 11.4 Å². The van der Waals surface area contributed by atoms with E-state index in [1.165, 1.54) is 30.2 Å². The van der Waals surface area contributed by atoms with Crippen LogP contribution in [0, 0.1) is 5.92 Å². The number of benzene rings is 1. The largest absolute Gasteiger partial charge is 0.481 e. The first-order valence-electron chi connectivity index (χ1n) is 9.79. The van der Waals surface area contributed by atoms with Crippen LogP contribution in [0.5, 0.6) is 0 Å². The van der Waals surface area contributed by atoms with Crippen LogP contribution >= 0.6 is 0 Å². The van der Waals surface area contributed by atoms with E-state index in [1.54, 1.807) is 0 Å². The monoisotopic (exact) mass is 353 g/mol. The molecule has 1 aromatic heterocycles. The lowest BCUT2D eigenvalue weighted by Gasteiger charge is -2.33. The molecule has 0 spiro atoms. The molecule has 0 amide bonds. The van der Waals surface area contributed by atoms with E-state index in [9.17, 15) is 9.90 Å². The molecule has 138 valence electrons. The van der Waals surface area contributed by atoms with Gasteiger partial charge in [-0.15, -0.1) is 0 Å². The van der Waals surface area contributed by atoms with Crippen LogP contribution in [0.4, 0.5) is 5.82 Å². The summed E-state index contributed by atoms with van der Waals surface area (Å²) in [5.74, 6) is 0.303. The molecule has 1 aromatic carbocycles. The van der Waals surface area contributed by atoms with Gasteiger partial charge in [0.2, 0.25) is 0 Å². The van der Waals surface area contributed by atoms with Gasteiger partial charge >= 0.3 is 5.97 Å². The summed E-state index contributed by atoms with van der Waals surface area (Å²) < 4.78 is 0. The van der Waals surface area contributed by atoms with Gasteiger partial charge in [0.15, 0.2) is 0 Å². The number of aromatic nitrogens is 1. The van der Waals surface area contributed by atoms with E-state index in [0.717, 1.165) is 56.9 Å². The van der Waals surface area contributed by atoms with Gasteiger partial charge in [-0.05, 0) is 57.3 Å². The minimum absolute atomic E-state index is 0.178. The summed E-state index contributed by atoms with van der Waals surface area (Å²) in [6, 6.07) is 10.6. The Morgan fingerprint density at radius 3 is 2.54 bits per heavy atom. The molecule has 3 heterocycles. The Balaban J connectivity index is 1.59. The summed E-state index contributed by atoms with van der Waals surface area (Å²) in [4.78, 5) is 21.0. The van der Waals surface area contributed by atoms with Crippen molar-refractivity contribution in [2.75, 3.05) is 31.1 Å². The third-order valence-corrected chi connectivity index (χ3v) is 5.77. The van der Waals surface area contributed by atoms with Crippen molar-refractivity contribution in [1.82, 2.24) is 9.88 Å². The van der Waals surface area contributed by atoms with Gasteiger partial charge in [-0.1, -0.05) is 18.2 Å². The number of carbonyl (C=O) groups is 1. The van der Waals surface area contributed by atoms with Gasteiger partial charge in [-0.3, -0.25) is 9.69 Å². The average Bonchev–Trinajstić information content (AvgIpc) is 2.68. The van der Waals surface area contributed by atoms with Crippen LogP contribution in [0.15, 0.2) is 30.3 Å². The van der Waals surface area contributed by atoms with E-state index < -0.39 is 5.97 Å². The molecule has 26 heavy (non-hydrogen) atoms. The van der Waals surface area contributed by atoms with Gasteiger partial charge < -0.3 is 10.0 Å². The van der Waals surface area contributed by atoms with Crippen molar-refractivity contribution in [1.29, 1.82) is 0 Å². The van der Waals surface area contributed by atoms with Crippen molar-refractivity contribution < 1.29 is 9.90 Å². The molecule has 5 heteroatoms. The first kappa shape index (κ1) is 17.3. The third-order valence-electron chi connectivity index (χ3n) is 5.77. The summed E-state index contributed by atoms with van der Waals surface area (Å²) in [5.41, 5.74) is 2.33. The highest BCUT2D eigenvalue weighted by molar-refractivity contribution is 5.81. The first-order valence-corrected chi connectivity index (χ1v) is 9.79. The SMILES string of the molecule is O=C(O)C1CCN(Cc2cc3ccccc3nc2N2CCCCC2)CC1. The molecule has 2 aliphatic heterocycles. The standard InChI is InChI=1S/C21H27N3O2/c25-21(26)16-8-12-23(13-9-16)15-18-14-17-6-2-3-7-19(17)22-20(18)24-10-4-1-5-11-24/h2-3,6-7,14,16H,1,4-5,8-13,15H2,(H,25,26). The number of pyridine rings is 1. The van der Waals surface area contributed by atoms with E-state index in [1.807, 2.05) is 6.07 Å². The van der Waals surface area contributed by atoms with Crippen molar-refractivity contribution in [2.45, 2.75) is 38.6 Å². The Kier molecular flexibility index (Phi) is 5.07. The molecule has 0 bridgehead atoms. The number of carboxylic acids is 1. The lowest BCUT2D eigenvalue weighted by Crippen LogP contribution is -2.37. The molecule has 1 N–H and O–H groups in total. The zero-order valence-electron chi connectivity index (χ0n) is 15.2. The minimum atomic E-state index is -0.647. The quantitative estimate of drug-likeness (QED) is 0.911. The summed E-state index contributed by atoms with van der Waals surface area (Å²) in [5, 5.41) is 10.4. The van der Waals surface area contributed by atoms with Crippen molar-refractivity contribution in [2.24, 2.45) is 5.92 Å². The molecule has 0 aliphatic carbocycles. The minimum Gasteiger partial charge on any atom is -0.481 e. The topological polar surface area (TPSA) is 56.7 Å². The van der Waals surface area contributed by atoms with Crippen LogP contribution in [-0.2, 0) is 11.3 Å². The molecule has 2 aliphatic rings. The van der Waals surface area contributed by atoms with Gasteiger partial charge in [0.25, 0.3) is 0 Å². The van der Waals surface area contributed by atoms with E-state index in [0.29, 0.717) is 0 Å². The molecule has 0 saturated carbocycles. The maximum atomic E-state index is 11.2. The number of para-hydroxylation sites is 1. The Morgan fingerprint density at radius 1 is 1.08 bits per heavy atom. The molecule has 4 rings (SSSR count). The highest BCUT2D eigenvalue weighted by Crippen LogP contribution is 2.28. The summed E-state index contributed by atoms with van der Waals surface area (Å²) in [6.07, 6.45) is 5.27. The van der Waals surface area contributed by atoms with Gasteiger partial charge in [0, 0.05) is 30.6 Å². The van der Waals surface area contributed by atoms with Crippen molar-refractivity contribution in [3.63, 3.8) is 0 Å². The van der Waals surface area contributed by atoms with Crippen LogP contribution in [0.1, 0.15) is 37.7 Å². The molecule has 0 atom stereocenters. The predicted molar refractivity (Wildman–Crippen MR) is 103 cm³/mol. The number of carboxylic acid groups (broad SMARTS) is 1. The van der Waals surface area contributed by atoms with Crippen LogP contribution in [0.2, 0.25) is 0 Å². The number of likely N-dealkylation sites (tertiary alicyclic amines) is 1. The zero-order chi connectivity index (χ0) is 17.9. The number of piperidine rings is 2. The molecule has 5 nitrogen and oxygen atoms in total. The number of rotatable bonds is 4. The Morgan fingerprint density at radius 2 is 1.81 bits per heavy atom.